The van der Waals surface area contributed by atoms with Gasteiger partial charge in [0.25, 0.3) is 0 Å². The molecule has 0 spiro atoms. The quantitative estimate of drug-likeness (QED) is 0.435. The molecule has 0 saturated heterocycles. The minimum atomic E-state index is -1.22. The Kier molecular flexibility index (Phi) is 7.59. The number of aliphatic carboxylic acids is 1. The van der Waals surface area contributed by atoms with Crippen molar-refractivity contribution in [1.82, 2.24) is 5.32 Å². The first-order valence-electron chi connectivity index (χ1n) is 6.10. The molecule has 0 aromatic carbocycles. The average Bonchev–Trinajstić information content (AvgIpc) is 2.32. The predicted molar refractivity (Wildman–Crippen MR) is 70.0 cm³/mol. The van der Waals surface area contributed by atoms with E-state index >= 15 is 0 Å². The van der Waals surface area contributed by atoms with Crippen LogP contribution in [0.25, 0.3) is 0 Å². The Morgan fingerprint density at radius 3 is 2.37 bits per heavy atom. The number of Topliss-reactive ketones (excluding diaryl/α,β-unsaturated/α-hetero) is 1. The van der Waals surface area contributed by atoms with Crippen LogP contribution in [-0.4, -0.2) is 41.1 Å². The van der Waals surface area contributed by atoms with E-state index in [1.807, 2.05) is 13.8 Å². The number of carboxylic acids is 1. The van der Waals surface area contributed by atoms with Crippen molar-refractivity contribution in [3.63, 3.8) is 0 Å². The Bertz CT molecular complexity index is 355. The van der Waals surface area contributed by atoms with E-state index in [4.69, 9.17) is 16.2 Å². The van der Waals surface area contributed by atoms with Gasteiger partial charge in [-0.05, 0) is 18.8 Å². The highest BCUT2D eigenvalue weighted by atomic mass is 16.4. The molecule has 0 fully saturated rings. The van der Waals surface area contributed by atoms with Gasteiger partial charge in [-0.2, -0.15) is 0 Å². The highest BCUT2D eigenvalue weighted by molar-refractivity contribution is 6.26. The number of hydrogen-bond acceptors (Lipinski definition) is 5. The van der Waals surface area contributed by atoms with Crippen molar-refractivity contribution in [1.29, 1.82) is 5.41 Å². The number of carboxylic acid groups (broad SMARTS) is 1. The first-order chi connectivity index (χ1) is 8.77. The fourth-order valence-corrected chi connectivity index (χ4v) is 1.51. The second-order valence-electron chi connectivity index (χ2n) is 4.78. The average molecular weight is 271 g/mol. The molecule has 0 aromatic rings. The zero-order valence-electron chi connectivity index (χ0n) is 11.2. The fourth-order valence-electron chi connectivity index (χ4n) is 1.51. The van der Waals surface area contributed by atoms with Gasteiger partial charge in [0.05, 0.1) is 12.3 Å². The lowest BCUT2D eigenvalue weighted by Gasteiger charge is -2.18. The molecule has 108 valence electrons. The summed E-state index contributed by atoms with van der Waals surface area (Å²) in [5, 5.41) is 18.0. The summed E-state index contributed by atoms with van der Waals surface area (Å²) in [6, 6.07) is -1.92. The van der Waals surface area contributed by atoms with E-state index in [9.17, 15) is 14.4 Å². The first kappa shape index (κ1) is 17.2. The summed E-state index contributed by atoms with van der Waals surface area (Å²) >= 11 is 0. The van der Waals surface area contributed by atoms with Crippen molar-refractivity contribution in [2.75, 3.05) is 0 Å². The highest BCUT2D eigenvalue weighted by Gasteiger charge is 2.23. The van der Waals surface area contributed by atoms with Crippen LogP contribution in [0, 0.1) is 11.3 Å². The van der Waals surface area contributed by atoms with Crippen molar-refractivity contribution in [3.8, 4) is 0 Å². The third-order valence-electron chi connectivity index (χ3n) is 2.52. The number of amides is 1. The molecule has 0 aliphatic rings. The van der Waals surface area contributed by atoms with Crippen LogP contribution in [0.15, 0.2) is 0 Å². The van der Waals surface area contributed by atoms with Crippen LogP contribution in [0.2, 0.25) is 0 Å². The summed E-state index contributed by atoms with van der Waals surface area (Å²) in [4.78, 5) is 33.6. The number of nitrogens with two attached hydrogens (primary N) is 1. The van der Waals surface area contributed by atoms with Crippen molar-refractivity contribution in [2.24, 2.45) is 11.7 Å². The summed E-state index contributed by atoms with van der Waals surface area (Å²) in [5.41, 5.74) is 5.64. The summed E-state index contributed by atoms with van der Waals surface area (Å²) in [5.74, 6) is -2.01. The van der Waals surface area contributed by atoms with Crippen LogP contribution >= 0.6 is 0 Å². The molecule has 7 nitrogen and oxygen atoms in total. The lowest BCUT2D eigenvalue weighted by atomic mass is 10.0. The molecule has 2 atom stereocenters. The van der Waals surface area contributed by atoms with E-state index in [-0.39, 0.29) is 18.8 Å². The van der Waals surface area contributed by atoms with Crippen LogP contribution in [0.5, 0.6) is 0 Å². The Morgan fingerprint density at radius 1 is 1.37 bits per heavy atom. The second kappa shape index (κ2) is 8.36. The van der Waals surface area contributed by atoms with Crippen LogP contribution in [0.1, 0.15) is 33.1 Å². The highest BCUT2D eigenvalue weighted by Crippen LogP contribution is 2.04. The van der Waals surface area contributed by atoms with E-state index in [1.54, 1.807) is 0 Å². The molecule has 0 saturated carbocycles. The molecular weight excluding hydrogens is 250 g/mol. The minimum absolute atomic E-state index is 0.0519. The molecule has 0 heterocycles. The van der Waals surface area contributed by atoms with Gasteiger partial charge in [0.2, 0.25) is 5.91 Å². The van der Waals surface area contributed by atoms with E-state index < -0.39 is 29.7 Å². The Hall–Kier alpha value is -1.76. The monoisotopic (exact) mass is 271 g/mol. The number of carbonyl (C=O) groups is 3. The second-order valence-corrected chi connectivity index (χ2v) is 4.78. The molecule has 2 unspecified atom stereocenters. The standard InChI is InChI=1S/C12H21N3O4/c1-7(2)5-9(14)11(17)15-10(12(18)19)4-3-8(16)6-13/h6-7,9-10,13H,3-5,14H2,1-2H3,(H,15,17)(H,18,19). The van der Waals surface area contributed by atoms with Crippen molar-refractivity contribution >= 4 is 23.9 Å². The lowest BCUT2D eigenvalue weighted by Crippen LogP contribution is -2.48. The zero-order valence-corrected chi connectivity index (χ0v) is 11.2. The van der Waals surface area contributed by atoms with Gasteiger partial charge >= 0.3 is 5.97 Å². The SMILES string of the molecule is CC(C)CC(N)C(=O)NC(CCC(=O)C=N)C(=O)O. The molecule has 5 N–H and O–H groups in total. The maximum Gasteiger partial charge on any atom is 0.326 e. The molecule has 0 radical (unpaired) electrons. The van der Waals surface area contributed by atoms with Gasteiger partial charge in [-0.15, -0.1) is 0 Å². The first-order valence-corrected chi connectivity index (χ1v) is 6.10. The minimum Gasteiger partial charge on any atom is -0.480 e. The summed E-state index contributed by atoms with van der Waals surface area (Å²) < 4.78 is 0. The van der Waals surface area contributed by atoms with Gasteiger partial charge in [0.15, 0.2) is 5.78 Å². The Balaban J connectivity index is 4.41. The van der Waals surface area contributed by atoms with Crippen LogP contribution < -0.4 is 11.1 Å². The molecular formula is C12H21N3O4. The van der Waals surface area contributed by atoms with Crippen molar-refractivity contribution in [2.45, 2.75) is 45.2 Å². The van der Waals surface area contributed by atoms with Crippen LogP contribution in [0.4, 0.5) is 0 Å². The molecule has 0 bridgehead atoms. The summed E-state index contributed by atoms with van der Waals surface area (Å²) in [7, 11) is 0. The van der Waals surface area contributed by atoms with Crippen molar-refractivity contribution in [3.05, 3.63) is 0 Å². The topological polar surface area (TPSA) is 133 Å². The maximum atomic E-state index is 11.7. The number of hydrogen-bond donors (Lipinski definition) is 4. The molecule has 1 amide bonds. The van der Waals surface area contributed by atoms with E-state index in [2.05, 4.69) is 5.32 Å². The zero-order chi connectivity index (χ0) is 15.0. The Morgan fingerprint density at radius 2 is 1.95 bits per heavy atom. The van der Waals surface area contributed by atoms with E-state index in [0.29, 0.717) is 12.6 Å². The van der Waals surface area contributed by atoms with Gasteiger partial charge in [-0.1, -0.05) is 13.8 Å². The molecule has 0 rings (SSSR count). The third-order valence-corrected chi connectivity index (χ3v) is 2.52. The van der Waals surface area contributed by atoms with Crippen molar-refractivity contribution < 1.29 is 19.5 Å². The smallest absolute Gasteiger partial charge is 0.326 e. The summed E-state index contributed by atoms with van der Waals surface area (Å²) in [6.07, 6.45) is 0.937. The van der Waals surface area contributed by atoms with Gasteiger partial charge in [0, 0.05) is 6.42 Å². The number of ketones is 1. The maximum absolute atomic E-state index is 11.7. The third kappa shape index (κ3) is 7.30. The Labute approximate surface area is 112 Å². The fraction of sp³-hybridized carbons (Fsp3) is 0.667. The van der Waals surface area contributed by atoms with Gasteiger partial charge in [0.1, 0.15) is 6.04 Å². The molecule has 0 aliphatic heterocycles. The molecule has 0 aliphatic carbocycles. The summed E-state index contributed by atoms with van der Waals surface area (Å²) in [6.45, 7) is 3.81. The largest absolute Gasteiger partial charge is 0.480 e. The molecule has 0 aromatic heterocycles. The number of carbonyl (C=O) groups excluding carboxylic acids is 2. The molecule has 7 heteroatoms. The van der Waals surface area contributed by atoms with Gasteiger partial charge in [-0.25, -0.2) is 4.79 Å². The normalized spacial score (nSPS) is 13.7. The van der Waals surface area contributed by atoms with Gasteiger partial charge < -0.3 is 21.6 Å². The van der Waals surface area contributed by atoms with E-state index in [0.717, 1.165) is 0 Å². The number of nitrogens with one attached hydrogen (secondary N) is 2. The van der Waals surface area contributed by atoms with Crippen LogP contribution in [-0.2, 0) is 14.4 Å². The van der Waals surface area contributed by atoms with Crippen LogP contribution in [0.3, 0.4) is 0 Å². The number of rotatable bonds is 9. The predicted octanol–water partition coefficient (Wildman–Crippen LogP) is -0.0719. The van der Waals surface area contributed by atoms with Gasteiger partial charge in [-0.3, -0.25) is 9.59 Å². The lowest BCUT2D eigenvalue weighted by molar-refractivity contribution is -0.142. The van der Waals surface area contributed by atoms with E-state index in [1.165, 1.54) is 0 Å². The molecule has 19 heavy (non-hydrogen) atoms.